The first-order valence-corrected chi connectivity index (χ1v) is 13.3. The number of benzene rings is 1. The van der Waals surface area contributed by atoms with Crippen LogP contribution in [0.25, 0.3) is 0 Å². The summed E-state index contributed by atoms with van der Waals surface area (Å²) in [5.41, 5.74) is -0.345. The highest BCUT2D eigenvalue weighted by atomic mass is 79.9. The highest BCUT2D eigenvalue weighted by Crippen LogP contribution is 2.40. The first-order valence-electron chi connectivity index (χ1n) is 9.56. The highest BCUT2D eigenvalue weighted by molar-refractivity contribution is 9.10. The van der Waals surface area contributed by atoms with Crippen molar-refractivity contribution in [2.24, 2.45) is 0 Å². The second kappa shape index (κ2) is 8.69. The van der Waals surface area contributed by atoms with Gasteiger partial charge in [-0.15, -0.1) is 0 Å². The Kier molecular flexibility index (Phi) is 7.18. The second-order valence-corrected chi connectivity index (χ2v) is 14.7. The number of likely N-dealkylation sites (tertiary alicyclic amines) is 1. The Morgan fingerprint density at radius 3 is 2.54 bits per heavy atom. The van der Waals surface area contributed by atoms with Crippen LogP contribution >= 0.6 is 15.9 Å². The van der Waals surface area contributed by atoms with Crippen LogP contribution in [0.5, 0.6) is 0 Å². The van der Waals surface area contributed by atoms with Crippen molar-refractivity contribution < 1.29 is 19.1 Å². The Hall–Kier alpha value is -1.15. The number of halogens is 1. The molecule has 1 heterocycles. The van der Waals surface area contributed by atoms with Gasteiger partial charge in [0.25, 0.3) is 0 Å². The first-order chi connectivity index (χ1) is 12.9. The number of carbonyl (C=O) groups excluding carboxylic acids is 1. The molecule has 0 radical (unpaired) electrons. The summed E-state index contributed by atoms with van der Waals surface area (Å²) in [5, 5.41) is 11.4. The van der Waals surface area contributed by atoms with Gasteiger partial charge in [0.05, 0.1) is 19.2 Å². The van der Waals surface area contributed by atoms with Crippen molar-refractivity contribution in [1.29, 1.82) is 0 Å². The molecule has 1 fully saturated rings. The number of amides is 1. The van der Waals surface area contributed by atoms with Crippen molar-refractivity contribution in [3.63, 3.8) is 0 Å². The maximum Gasteiger partial charge on any atom is 0.410 e. The van der Waals surface area contributed by atoms with E-state index in [0.717, 1.165) is 10.0 Å². The average Bonchev–Trinajstić information content (AvgIpc) is 2.95. The molecule has 1 aromatic rings. The maximum atomic E-state index is 12.6. The van der Waals surface area contributed by atoms with Crippen molar-refractivity contribution in [2.75, 3.05) is 19.8 Å². The number of hydrogen-bond acceptors (Lipinski definition) is 4. The third-order valence-electron chi connectivity index (χ3n) is 5.83. The second-order valence-electron chi connectivity index (χ2n) is 8.96. The van der Waals surface area contributed by atoms with E-state index >= 15 is 0 Å². The fourth-order valence-corrected chi connectivity index (χ4v) is 4.35. The molecular formula is C21H32BrNO4Si. The molecule has 28 heavy (non-hydrogen) atoms. The van der Waals surface area contributed by atoms with E-state index in [9.17, 15) is 9.90 Å². The van der Waals surface area contributed by atoms with Crippen LogP contribution in [-0.4, -0.2) is 50.2 Å². The molecule has 1 aromatic carbocycles. The summed E-state index contributed by atoms with van der Waals surface area (Å²) in [7, 11) is -1.98. The molecule has 0 spiro atoms. The Labute approximate surface area is 178 Å². The minimum atomic E-state index is -1.98. The van der Waals surface area contributed by atoms with E-state index in [-0.39, 0.29) is 24.2 Å². The Bertz CT molecular complexity index is 701. The number of aliphatic hydroxyl groups is 1. The predicted molar refractivity (Wildman–Crippen MR) is 118 cm³/mol. The molecule has 1 saturated heterocycles. The van der Waals surface area contributed by atoms with Gasteiger partial charge in [0.1, 0.15) is 12.2 Å². The summed E-state index contributed by atoms with van der Waals surface area (Å²) in [4.78, 5) is 14.2. The zero-order valence-electron chi connectivity index (χ0n) is 17.5. The molecule has 0 saturated carbocycles. The number of rotatable bonds is 6. The summed E-state index contributed by atoms with van der Waals surface area (Å²) in [5.74, 6) is 0. The van der Waals surface area contributed by atoms with Gasteiger partial charge in [-0.3, -0.25) is 4.90 Å². The monoisotopic (exact) mass is 469 g/mol. The van der Waals surface area contributed by atoms with E-state index < -0.39 is 20.0 Å². The third kappa shape index (κ3) is 5.26. The summed E-state index contributed by atoms with van der Waals surface area (Å²) in [6.07, 6.45) is 1.50. The van der Waals surface area contributed by atoms with E-state index in [2.05, 4.69) is 56.4 Å². The molecule has 5 nitrogen and oxygen atoms in total. The van der Waals surface area contributed by atoms with Gasteiger partial charge in [-0.05, 0) is 35.8 Å². The molecule has 2 rings (SSSR count). The van der Waals surface area contributed by atoms with Crippen LogP contribution in [0.15, 0.2) is 41.4 Å². The van der Waals surface area contributed by atoms with Gasteiger partial charge in [0.2, 0.25) is 0 Å². The molecule has 0 bridgehead atoms. The zero-order chi connectivity index (χ0) is 21.2. The van der Waals surface area contributed by atoms with Crippen LogP contribution in [0.3, 0.4) is 0 Å². The van der Waals surface area contributed by atoms with Crippen LogP contribution in [0, 0.1) is 0 Å². The quantitative estimate of drug-likeness (QED) is 0.467. The molecule has 1 aliphatic heterocycles. The van der Waals surface area contributed by atoms with Gasteiger partial charge in [0, 0.05) is 10.9 Å². The average molecular weight is 470 g/mol. The van der Waals surface area contributed by atoms with E-state index in [1.165, 1.54) is 6.08 Å². The minimum absolute atomic E-state index is 0.0712. The fourth-order valence-electron chi connectivity index (χ4n) is 3.04. The Balaban J connectivity index is 2.22. The van der Waals surface area contributed by atoms with Crippen molar-refractivity contribution in [3.05, 3.63) is 47.0 Å². The van der Waals surface area contributed by atoms with E-state index in [1.54, 1.807) is 4.90 Å². The van der Waals surface area contributed by atoms with Crippen LogP contribution in [0.4, 0.5) is 4.79 Å². The summed E-state index contributed by atoms with van der Waals surface area (Å²) < 4.78 is 12.6. The highest BCUT2D eigenvalue weighted by Gasteiger charge is 2.48. The van der Waals surface area contributed by atoms with E-state index in [1.807, 2.05) is 24.3 Å². The molecule has 1 aliphatic rings. The van der Waals surface area contributed by atoms with Gasteiger partial charge in [-0.25, -0.2) is 4.79 Å². The van der Waals surface area contributed by atoms with Gasteiger partial charge < -0.3 is 14.3 Å². The Morgan fingerprint density at radius 1 is 1.39 bits per heavy atom. The van der Waals surface area contributed by atoms with Crippen molar-refractivity contribution in [3.8, 4) is 0 Å². The number of carbonyl (C=O) groups is 1. The van der Waals surface area contributed by atoms with Crippen LogP contribution in [-0.2, 0) is 14.8 Å². The summed E-state index contributed by atoms with van der Waals surface area (Å²) >= 11 is 3.42. The summed E-state index contributed by atoms with van der Waals surface area (Å²) in [6.45, 7) is 15.2. The molecule has 0 aromatic heterocycles. The number of β-amino-alcohol motifs (C(OH)–C–C–N with tert-alkyl or cyclic N) is 1. The van der Waals surface area contributed by atoms with Crippen LogP contribution in [0.1, 0.15) is 32.8 Å². The molecule has 7 heteroatoms. The number of ether oxygens (including phenoxy) is 1. The van der Waals surface area contributed by atoms with Crippen molar-refractivity contribution >= 4 is 30.3 Å². The lowest BCUT2D eigenvalue weighted by molar-refractivity contribution is 0.0429. The lowest BCUT2D eigenvalue weighted by atomic mass is 9.91. The summed E-state index contributed by atoms with van der Waals surface area (Å²) in [6, 6.07) is 7.31. The van der Waals surface area contributed by atoms with Gasteiger partial charge >= 0.3 is 6.09 Å². The molecule has 2 atom stereocenters. The van der Waals surface area contributed by atoms with Crippen LogP contribution < -0.4 is 0 Å². The zero-order valence-corrected chi connectivity index (χ0v) is 20.1. The van der Waals surface area contributed by atoms with E-state index in [4.69, 9.17) is 9.16 Å². The molecule has 0 unspecified atom stereocenters. The minimum Gasteiger partial charge on any atom is -0.445 e. The van der Waals surface area contributed by atoms with Gasteiger partial charge in [0.15, 0.2) is 8.32 Å². The van der Waals surface area contributed by atoms with Crippen LogP contribution in [0.2, 0.25) is 18.1 Å². The maximum absolute atomic E-state index is 12.6. The fraction of sp³-hybridized carbons (Fsp3) is 0.571. The Morgan fingerprint density at radius 2 is 2.00 bits per heavy atom. The lowest BCUT2D eigenvalue weighted by Gasteiger charge is -2.37. The normalized spacial score (nSPS) is 23.0. The third-order valence-corrected chi connectivity index (χ3v) is 10.9. The predicted octanol–water partition coefficient (Wildman–Crippen LogP) is 5.06. The van der Waals surface area contributed by atoms with E-state index in [0.29, 0.717) is 13.0 Å². The molecule has 156 valence electrons. The molecule has 0 aliphatic carbocycles. The molecule has 1 amide bonds. The number of hydrogen-bond donors (Lipinski definition) is 1. The van der Waals surface area contributed by atoms with Crippen molar-refractivity contribution in [1.82, 2.24) is 4.90 Å². The smallest absolute Gasteiger partial charge is 0.410 e. The van der Waals surface area contributed by atoms with Crippen molar-refractivity contribution in [2.45, 2.75) is 57.0 Å². The SMILES string of the molecule is C=CCOC(=O)N1C[C@](O)(c2ccc(Br)cc2)C[C@H]1CO[Si](C)(C)C(C)(C)C. The topological polar surface area (TPSA) is 59.0 Å². The standard InChI is InChI=1S/C21H32BrNO4Si/c1-7-12-26-19(24)23-15-21(25,16-8-10-17(22)11-9-16)13-18(23)14-27-28(5,6)20(2,3)4/h7-11,18,25H,1,12-15H2,2-6H3/t18-,21-/m0/s1. The van der Waals surface area contributed by atoms with Gasteiger partial charge in [-0.2, -0.15) is 0 Å². The molecular weight excluding hydrogens is 438 g/mol. The first kappa shape index (κ1) is 23.1. The number of nitrogens with zero attached hydrogens (tertiary/aromatic N) is 1. The lowest BCUT2D eigenvalue weighted by Crippen LogP contribution is -2.46. The van der Waals surface area contributed by atoms with Gasteiger partial charge in [-0.1, -0.05) is 61.5 Å². The molecule has 1 N–H and O–H groups in total. The largest absolute Gasteiger partial charge is 0.445 e.